The van der Waals surface area contributed by atoms with E-state index in [1.165, 1.54) is 0 Å². The molecule has 8 heavy (non-hydrogen) atoms. The van der Waals surface area contributed by atoms with Gasteiger partial charge in [0.1, 0.15) is 0 Å². The Labute approximate surface area is 49.5 Å². The second kappa shape index (κ2) is 4.78. The minimum atomic E-state index is 0.169. The summed E-state index contributed by atoms with van der Waals surface area (Å²) in [6, 6.07) is 0. The summed E-state index contributed by atoms with van der Waals surface area (Å²) in [4.78, 5) is 9.68. The molecule has 0 aliphatic carbocycles. The van der Waals surface area contributed by atoms with Crippen molar-refractivity contribution in [2.24, 2.45) is 5.92 Å². The zero-order valence-corrected chi connectivity index (χ0v) is 5.05. The quantitative estimate of drug-likeness (QED) is 0.542. The molecule has 0 aliphatic heterocycles. The summed E-state index contributed by atoms with van der Waals surface area (Å²) in [7, 11) is 0. The maximum Gasteiger partial charge on any atom is 0.0432 e. The van der Waals surface area contributed by atoms with E-state index in [-0.39, 0.29) is 12.5 Å². The third-order valence-electron chi connectivity index (χ3n) is 1.05. The highest BCUT2D eigenvalue weighted by Crippen LogP contribution is 2.02. The van der Waals surface area contributed by atoms with Gasteiger partial charge in [0.2, 0.25) is 0 Å². The molecule has 1 N–H and O–H groups in total. The zero-order chi connectivity index (χ0) is 6.41. The third-order valence-corrected chi connectivity index (χ3v) is 1.05. The molecule has 2 heteroatoms. The first-order valence-corrected chi connectivity index (χ1v) is 2.77. The number of aliphatic hydroxyl groups is 1. The summed E-state index contributed by atoms with van der Waals surface area (Å²) < 4.78 is 0. The van der Waals surface area contributed by atoms with E-state index < -0.39 is 0 Å². The molecule has 0 spiro atoms. The molecule has 1 atom stereocenters. The Hall–Kier alpha value is -0.370. The first-order valence-electron chi connectivity index (χ1n) is 2.77. The van der Waals surface area contributed by atoms with Crippen molar-refractivity contribution in [3.8, 4) is 0 Å². The molecule has 0 aliphatic rings. The Balaban J connectivity index is 3.03. The summed E-state index contributed by atoms with van der Waals surface area (Å²) in [6.45, 7) is 2.09. The van der Waals surface area contributed by atoms with Crippen molar-refractivity contribution in [3.63, 3.8) is 0 Å². The molecule has 0 aromatic carbocycles. The van der Waals surface area contributed by atoms with Gasteiger partial charge in [0, 0.05) is 6.61 Å². The highest BCUT2D eigenvalue weighted by molar-refractivity contribution is 5.50. The van der Waals surface area contributed by atoms with Crippen molar-refractivity contribution in [1.82, 2.24) is 0 Å². The van der Waals surface area contributed by atoms with E-state index in [1.54, 1.807) is 6.29 Å². The summed E-state index contributed by atoms with van der Waals surface area (Å²) in [5, 5.41) is 8.33. The van der Waals surface area contributed by atoms with Crippen LogP contribution in [0.15, 0.2) is 0 Å². The average molecular weight is 115 g/mol. The van der Waals surface area contributed by atoms with E-state index in [0.29, 0.717) is 12.8 Å². The van der Waals surface area contributed by atoms with Gasteiger partial charge in [-0.25, -0.2) is 0 Å². The van der Waals surface area contributed by atoms with E-state index in [4.69, 9.17) is 5.11 Å². The fourth-order valence-electron chi connectivity index (χ4n) is 0.465. The van der Waals surface area contributed by atoms with Gasteiger partial charge < -0.3 is 9.90 Å². The maximum atomic E-state index is 9.68. The Kier molecular flexibility index (Phi) is 4.56. The fraction of sp³-hybridized carbons (Fsp3) is 0.833. The standard InChI is InChI=1S/C6H11O2/c1-6(2-4-7)3-5-8/h6-7H,2-4H2,1H3/q-1. The Morgan fingerprint density at radius 3 is 2.75 bits per heavy atom. The molecule has 0 amide bonds. The van der Waals surface area contributed by atoms with Gasteiger partial charge in [-0.3, -0.25) is 6.29 Å². The van der Waals surface area contributed by atoms with Crippen LogP contribution in [0.4, 0.5) is 0 Å². The monoisotopic (exact) mass is 115 g/mol. The molecule has 0 aromatic heterocycles. The van der Waals surface area contributed by atoms with Crippen LogP contribution in [-0.2, 0) is 4.79 Å². The van der Waals surface area contributed by atoms with E-state index in [9.17, 15) is 4.79 Å². The van der Waals surface area contributed by atoms with E-state index >= 15 is 0 Å². The molecule has 48 valence electrons. The van der Waals surface area contributed by atoms with Gasteiger partial charge in [0.15, 0.2) is 0 Å². The van der Waals surface area contributed by atoms with Crippen molar-refractivity contribution in [2.75, 3.05) is 6.61 Å². The van der Waals surface area contributed by atoms with Crippen molar-refractivity contribution in [1.29, 1.82) is 0 Å². The van der Waals surface area contributed by atoms with E-state index in [2.05, 4.69) is 0 Å². The van der Waals surface area contributed by atoms with Gasteiger partial charge in [-0.2, -0.15) is 0 Å². The SMILES string of the molecule is CC(C[C-]=O)CCO. The van der Waals surface area contributed by atoms with Crippen LogP contribution in [0, 0.1) is 5.92 Å². The number of hydrogen-bond acceptors (Lipinski definition) is 2. The van der Waals surface area contributed by atoms with Gasteiger partial charge in [0.05, 0.1) is 0 Å². The minimum absolute atomic E-state index is 0.169. The maximum absolute atomic E-state index is 9.68. The molecule has 0 rings (SSSR count). The van der Waals surface area contributed by atoms with Crippen LogP contribution in [-0.4, -0.2) is 18.0 Å². The molecule has 0 aromatic rings. The molecule has 2 nitrogen and oxygen atoms in total. The van der Waals surface area contributed by atoms with Gasteiger partial charge in [-0.1, -0.05) is 12.8 Å². The van der Waals surface area contributed by atoms with E-state index in [1.807, 2.05) is 6.92 Å². The highest BCUT2D eigenvalue weighted by atomic mass is 16.3. The molecule has 0 heterocycles. The Bertz CT molecular complexity index is 61.5. The van der Waals surface area contributed by atoms with Crippen LogP contribution >= 0.6 is 0 Å². The minimum Gasteiger partial charge on any atom is -0.542 e. The molecular weight excluding hydrogens is 104 g/mol. The number of rotatable bonds is 4. The van der Waals surface area contributed by atoms with Gasteiger partial charge in [-0.15, -0.1) is 6.42 Å². The Morgan fingerprint density at radius 1 is 1.75 bits per heavy atom. The molecule has 0 saturated carbocycles. The lowest BCUT2D eigenvalue weighted by molar-refractivity contribution is 0.264. The molecule has 0 radical (unpaired) electrons. The predicted molar refractivity (Wildman–Crippen MR) is 31.2 cm³/mol. The molecular formula is C6H11O2-. The first kappa shape index (κ1) is 7.63. The van der Waals surface area contributed by atoms with Gasteiger partial charge in [-0.05, 0) is 6.42 Å². The van der Waals surface area contributed by atoms with Crippen LogP contribution in [0.2, 0.25) is 0 Å². The predicted octanol–water partition coefficient (Wildman–Crippen LogP) is 0.505. The zero-order valence-electron chi connectivity index (χ0n) is 5.05. The fourth-order valence-corrected chi connectivity index (χ4v) is 0.465. The summed E-state index contributed by atoms with van der Waals surface area (Å²) in [6.07, 6.45) is 2.94. The highest BCUT2D eigenvalue weighted by Gasteiger charge is 1.91. The summed E-state index contributed by atoms with van der Waals surface area (Å²) in [5.74, 6) is 0.289. The molecule has 0 fully saturated rings. The van der Waals surface area contributed by atoms with Crippen molar-refractivity contribution >= 4 is 6.29 Å². The topological polar surface area (TPSA) is 37.3 Å². The van der Waals surface area contributed by atoms with Crippen LogP contribution in [0.1, 0.15) is 19.8 Å². The van der Waals surface area contributed by atoms with Crippen LogP contribution in [0.3, 0.4) is 0 Å². The second-order valence-electron chi connectivity index (χ2n) is 1.97. The number of hydrogen-bond donors (Lipinski definition) is 1. The lowest BCUT2D eigenvalue weighted by atomic mass is 10.1. The third kappa shape index (κ3) is 3.81. The average Bonchev–Trinajstić information content (AvgIpc) is 1.68. The molecule has 0 saturated heterocycles. The van der Waals surface area contributed by atoms with Crippen molar-refractivity contribution in [3.05, 3.63) is 0 Å². The van der Waals surface area contributed by atoms with E-state index in [0.717, 1.165) is 0 Å². The van der Waals surface area contributed by atoms with Crippen molar-refractivity contribution < 1.29 is 9.90 Å². The smallest absolute Gasteiger partial charge is 0.0432 e. The lowest BCUT2D eigenvalue weighted by Crippen LogP contribution is -1.97. The molecule has 1 unspecified atom stereocenters. The van der Waals surface area contributed by atoms with Crippen LogP contribution in [0.25, 0.3) is 0 Å². The summed E-state index contributed by atoms with van der Waals surface area (Å²) >= 11 is 0. The number of aliphatic hydroxyl groups excluding tert-OH is 1. The van der Waals surface area contributed by atoms with Crippen molar-refractivity contribution in [2.45, 2.75) is 19.8 Å². The lowest BCUT2D eigenvalue weighted by Gasteiger charge is -2.08. The largest absolute Gasteiger partial charge is 0.542 e. The molecule has 0 bridgehead atoms. The number of carbonyl (C=O) groups excluding carboxylic acids is 1. The van der Waals surface area contributed by atoms with Crippen LogP contribution in [0.5, 0.6) is 0 Å². The normalized spacial score (nSPS) is 13.2. The summed E-state index contributed by atoms with van der Waals surface area (Å²) in [5.41, 5.74) is 0. The first-order chi connectivity index (χ1) is 3.81. The van der Waals surface area contributed by atoms with Gasteiger partial charge in [0.25, 0.3) is 0 Å². The second-order valence-corrected chi connectivity index (χ2v) is 1.97. The van der Waals surface area contributed by atoms with Gasteiger partial charge >= 0.3 is 0 Å². The van der Waals surface area contributed by atoms with Crippen LogP contribution < -0.4 is 0 Å². The Morgan fingerprint density at radius 2 is 2.38 bits per heavy atom.